The fourth-order valence-electron chi connectivity index (χ4n) is 2.23. The van der Waals surface area contributed by atoms with Gasteiger partial charge in [0.05, 0.1) is 11.3 Å². The number of aryl methyl sites for hydroxylation is 2. The van der Waals surface area contributed by atoms with Gasteiger partial charge in [-0.15, -0.1) is 0 Å². The van der Waals surface area contributed by atoms with E-state index in [0.717, 1.165) is 17.0 Å². The molecule has 4 heteroatoms. The minimum atomic E-state index is -0.0970. The molecular formula is C17H21N3O. The summed E-state index contributed by atoms with van der Waals surface area (Å²) in [6.07, 6.45) is 0.702. The van der Waals surface area contributed by atoms with Gasteiger partial charge in [-0.1, -0.05) is 30.3 Å². The van der Waals surface area contributed by atoms with E-state index in [1.54, 1.807) is 0 Å². The van der Waals surface area contributed by atoms with Gasteiger partial charge in [0.15, 0.2) is 0 Å². The molecule has 110 valence electrons. The molecule has 0 aliphatic heterocycles. The van der Waals surface area contributed by atoms with Gasteiger partial charge in [0.25, 0.3) is 5.91 Å². The van der Waals surface area contributed by atoms with Gasteiger partial charge in [0.1, 0.15) is 0 Å². The first-order valence-corrected chi connectivity index (χ1v) is 7.11. The SMILES string of the molecule is Cc1ccc(C(=O)NCCC(N)c2ccccc2)c(C)n1. The molecule has 21 heavy (non-hydrogen) atoms. The van der Waals surface area contributed by atoms with Crippen LogP contribution >= 0.6 is 0 Å². The summed E-state index contributed by atoms with van der Waals surface area (Å²) in [5.41, 5.74) is 9.47. The highest BCUT2D eigenvalue weighted by molar-refractivity contribution is 5.95. The molecule has 0 aliphatic carbocycles. The molecule has 0 aliphatic rings. The van der Waals surface area contributed by atoms with E-state index in [9.17, 15) is 4.79 Å². The van der Waals surface area contributed by atoms with Gasteiger partial charge in [-0.05, 0) is 38.0 Å². The van der Waals surface area contributed by atoms with Gasteiger partial charge in [-0.25, -0.2) is 0 Å². The Balaban J connectivity index is 1.87. The maximum Gasteiger partial charge on any atom is 0.253 e. The molecule has 2 rings (SSSR count). The van der Waals surface area contributed by atoms with Crippen molar-refractivity contribution in [1.82, 2.24) is 10.3 Å². The first-order valence-electron chi connectivity index (χ1n) is 7.11. The monoisotopic (exact) mass is 283 g/mol. The summed E-state index contributed by atoms with van der Waals surface area (Å²) in [5, 5.41) is 2.90. The lowest BCUT2D eigenvalue weighted by atomic mass is 10.0. The van der Waals surface area contributed by atoms with Gasteiger partial charge >= 0.3 is 0 Å². The summed E-state index contributed by atoms with van der Waals surface area (Å²) in [7, 11) is 0. The number of carbonyl (C=O) groups excluding carboxylic acids is 1. The molecule has 1 aromatic carbocycles. The Kier molecular flexibility index (Phi) is 5.06. The predicted molar refractivity (Wildman–Crippen MR) is 84.0 cm³/mol. The number of hydrogen-bond acceptors (Lipinski definition) is 3. The van der Waals surface area contributed by atoms with Crippen LogP contribution in [0.3, 0.4) is 0 Å². The first kappa shape index (κ1) is 15.2. The number of benzene rings is 1. The van der Waals surface area contributed by atoms with Crippen molar-refractivity contribution in [2.24, 2.45) is 5.73 Å². The quantitative estimate of drug-likeness (QED) is 0.886. The summed E-state index contributed by atoms with van der Waals surface area (Å²) in [6.45, 7) is 4.30. The summed E-state index contributed by atoms with van der Waals surface area (Å²) in [4.78, 5) is 16.4. The molecule has 1 heterocycles. The average Bonchev–Trinajstić information content (AvgIpc) is 2.47. The normalized spacial score (nSPS) is 12.0. The van der Waals surface area contributed by atoms with Crippen molar-refractivity contribution in [3.8, 4) is 0 Å². The Morgan fingerprint density at radius 2 is 1.90 bits per heavy atom. The van der Waals surface area contributed by atoms with E-state index in [1.165, 1.54) is 0 Å². The minimum absolute atomic E-state index is 0.0660. The Bertz CT molecular complexity index is 611. The molecule has 0 saturated carbocycles. The topological polar surface area (TPSA) is 68.0 Å². The second kappa shape index (κ2) is 6.99. The van der Waals surface area contributed by atoms with Gasteiger partial charge in [-0.3, -0.25) is 9.78 Å². The molecule has 1 aromatic heterocycles. The molecule has 4 nitrogen and oxygen atoms in total. The van der Waals surface area contributed by atoms with Gasteiger partial charge < -0.3 is 11.1 Å². The maximum absolute atomic E-state index is 12.1. The van der Waals surface area contributed by atoms with Crippen LogP contribution < -0.4 is 11.1 Å². The van der Waals surface area contributed by atoms with Crippen molar-refractivity contribution in [3.05, 3.63) is 65.0 Å². The van der Waals surface area contributed by atoms with E-state index < -0.39 is 0 Å². The summed E-state index contributed by atoms with van der Waals surface area (Å²) in [5.74, 6) is -0.0970. The van der Waals surface area contributed by atoms with Gasteiger partial charge in [-0.2, -0.15) is 0 Å². The number of aromatic nitrogens is 1. The molecule has 2 aromatic rings. The molecule has 0 radical (unpaired) electrons. The molecular weight excluding hydrogens is 262 g/mol. The van der Waals surface area contributed by atoms with Crippen molar-refractivity contribution >= 4 is 5.91 Å². The lowest BCUT2D eigenvalue weighted by Gasteiger charge is -2.13. The number of nitrogens with two attached hydrogens (primary N) is 1. The van der Waals surface area contributed by atoms with E-state index in [1.807, 2.05) is 56.3 Å². The number of hydrogen-bond donors (Lipinski definition) is 2. The van der Waals surface area contributed by atoms with E-state index >= 15 is 0 Å². The van der Waals surface area contributed by atoms with Gasteiger partial charge in [0, 0.05) is 18.3 Å². The number of amides is 1. The highest BCUT2D eigenvalue weighted by Gasteiger charge is 2.11. The second-order valence-electron chi connectivity index (χ2n) is 5.15. The van der Waals surface area contributed by atoms with Crippen LogP contribution in [0.1, 0.15) is 39.8 Å². The molecule has 1 atom stereocenters. The van der Waals surface area contributed by atoms with Crippen LogP contribution in [0.4, 0.5) is 0 Å². The lowest BCUT2D eigenvalue weighted by molar-refractivity contribution is 0.0951. The third-order valence-corrected chi connectivity index (χ3v) is 3.44. The van der Waals surface area contributed by atoms with Crippen LogP contribution in [0.2, 0.25) is 0 Å². The van der Waals surface area contributed by atoms with Crippen molar-refractivity contribution in [3.63, 3.8) is 0 Å². The first-order chi connectivity index (χ1) is 10.1. The second-order valence-corrected chi connectivity index (χ2v) is 5.15. The summed E-state index contributed by atoms with van der Waals surface area (Å²) >= 11 is 0. The highest BCUT2D eigenvalue weighted by Crippen LogP contribution is 2.12. The Hall–Kier alpha value is -2.20. The van der Waals surface area contributed by atoms with Crippen molar-refractivity contribution < 1.29 is 4.79 Å². The Morgan fingerprint density at radius 3 is 2.57 bits per heavy atom. The smallest absolute Gasteiger partial charge is 0.253 e. The van der Waals surface area contributed by atoms with E-state index in [-0.39, 0.29) is 11.9 Å². The maximum atomic E-state index is 12.1. The van der Waals surface area contributed by atoms with Crippen LogP contribution in [0.15, 0.2) is 42.5 Å². The molecule has 0 spiro atoms. The minimum Gasteiger partial charge on any atom is -0.352 e. The summed E-state index contributed by atoms with van der Waals surface area (Å²) in [6, 6.07) is 13.5. The van der Waals surface area contributed by atoms with Crippen LogP contribution in [0, 0.1) is 13.8 Å². The zero-order valence-electron chi connectivity index (χ0n) is 12.5. The zero-order valence-corrected chi connectivity index (χ0v) is 12.5. The van der Waals surface area contributed by atoms with Gasteiger partial charge in [0.2, 0.25) is 0 Å². The fraction of sp³-hybridized carbons (Fsp3) is 0.294. The van der Waals surface area contributed by atoms with Crippen molar-refractivity contribution in [1.29, 1.82) is 0 Å². The van der Waals surface area contributed by atoms with Crippen molar-refractivity contribution in [2.75, 3.05) is 6.54 Å². The van der Waals surface area contributed by atoms with Crippen LogP contribution in [0.5, 0.6) is 0 Å². The predicted octanol–water partition coefficient (Wildman–Crippen LogP) is 2.52. The Labute approximate surface area is 125 Å². The largest absolute Gasteiger partial charge is 0.352 e. The van der Waals surface area contributed by atoms with E-state index in [4.69, 9.17) is 5.73 Å². The standard InChI is InChI=1S/C17H21N3O/c1-12-8-9-15(13(2)20-12)17(21)19-11-10-16(18)14-6-4-3-5-7-14/h3-9,16H,10-11,18H2,1-2H3,(H,19,21). The summed E-state index contributed by atoms with van der Waals surface area (Å²) < 4.78 is 0. The molecule has 3 N–H and O–H groups in total. The zero-order chi connectivity index (χ0) is 15.2. The molecule has 0 fully saturated rings. The fourth-order valence-corrected chi connectivity index (χ4v) is 2.23. The third kappa shape index (κ3) is 4.13. The molecule has 0 saturated heterocycles. The third-order valence-electron chi connectivity index (χ3n) is 3.44. The average molecular weight is 283 g/mol. The molecule has 0 bridgehead atoms. The number of rotatable bonds is 5. The molecule has 1 amide bonds. The van der Waals surface area contributed by atoms with E-state index in [2.05, 4.69) is 10.3 Å². The molecule has 1 unspecified atom stereocenters. The van der Waals surface area contributed by atoms with Crippen molar-refractivity contribution in [2.45, 2.75) is 26.3 Å². The van der Waals surface area contributed by atoms with E-state index in [0.29, 0.717) is 18.5 Å². The van der Waals surface area contributed by atoms with Crippen LogP contribution in [-0.4, -0.2) is 17.4 Å². The number of carbonyl (C=O) groups is 1. The van der Waals surface area contributed by atoms with Crippen LogP contribution in [-0.2, 0) is 0 Å². The number of nitrogens with one attached hydrogen (secondary N) is 1. The highest BCUT2D eigenvalue weighted by atomic mass is 16.1. The van der Waals surface area contributed by atoms with Crippen LogP contribution in [0.25, 0.3) is 0 Å². The number of nitrogens with zero attached hydrogens (tertiary/aromatic N) is 1. The lowest BCUT2D eigenvalue weighted by Crippen LogP contribution is -2.28. The number of pyridine rings is 1. The Morgan fingerprint density at radius 1 is 1.19 bits per heavy atom.